The molecule has 3 rings (SSSR count). The van der Waals surface area contributed by atoms with Crippen LogP contribution in [0.15, 0.2) is 42.7 Å². The monoisotopic (exact) mass is 348 g/mol. The van der Waals surface area contributed by atoms with E-state index in [-0.39, 0.29) is 22.8 Å². The van der Waals surface area contributed by atoms with Crippen LogP contribution in [0.3, 0.4) is 0 Å². The van der Waals surface area contributed by atoms with Crippen LogP contribution < -0.4 is 5.32 Å². The second-order valence-corrected chi connectivity index (χ2v) is 5.04. The zero-order chi connectivity index (χ0) is 18.0. The molecule has 0 aliphatic heterocycles. The zero-order valence-corrected chi connectivity index (χ0v) is 12.8. The predicted molar refractivity (Wildman–Crippen MR) is 81.4 cm³/mol. The Bertz CT molecular complexity index is 890. The quantitative estimate of drug-likeness (QED) is 0.786. The highest BCUT2D eigenvalue weighted by Crippen LogP contribution is 2.35. The van der Waals surface area contributed by atoms with Crippen molar-refractivity contribution in [1.82, 2.24) is 25.0 Å². The second-order valence-electron chi connectivity index (χ2n) is 5.04. The first-order chi connectivity index (χ1) is 11.8. The van der Waals surface area contributed by atoms with Gasteiger partial charge >= 0.3 is 6.18 Å². The van der Waals surface area contributed by atoms with Gasteiger partial charge in [-0.3, -0.25) is 14.5 Å². The van der Waals surface area contributed by atoms with Crippen molar-refractivity contribution in [1.29, 1.82) is 0 Å². The third-order valence-electron chi connectivity index (χ3n) is 3.18. The van der Waals surface area contributed by atoms with E-state index in [0.29, 0.717) is 0 Å². The van der Waals surface area contributed by atoms with Gasteiger partial charge in [0, 0.05) is 19.4 Å². The Morgan fingerprint density at radius 3 is 2.56 bits per heavy atom. The van der Waals surface area contributed by atoms with Crippen LogP contribution in [-0.2, 0) is 13.2 Å². The lowest BCUT2D eigenvalue weighted by atomic mass is 10.1. The summed E-state index contributed by atoms with van der Waals surface area (Å²) in [6.45, 7) is 0. The number of nitrogens with zero attached hydrogens (tertiary/aromatic N) is 5. The molecule has 0 saturated carbocycles. The highest BCUT2D eigenvalue weighted by atomic mass is 19.4. The Morgan fingerprint density at radius 2 is 1.96 bits per heavy atom. The molecule has 3 aromatic rings. The van der Waals surface area contributed by atoms with Crippen LogP contribution in [-0.4, -0.2) is 30.9 Å². The molecule has 128 valence electrons. The smallest absolute Gasteiger partial charge is 0.304 e. The molecule has 0 aliphatic carbocycles. The Balaban J connectivity index is 1.83. The fourth-order valence-corrected chi connectivity index (χ4v) is 2.11. The van der Waals surface area contributed by atoms with E-state index in [9.17, 15) is 18.0 Å². The minimum atomic E-state index is -4.61. The summed E-state index contributed by atoms with van der Waals surface area (Å²) in [4.78, 5) is 15.8. The summed E-state index contributed by atoms with van der Waals surface area (Å²) in [6.07, 6.45) is -1.94. The second kappa shape index (κ2) is 6.30. The van der Waals surface area contributed by atoms with E-state index in [0.717, 1.165) is 4.68 Å². The van der Waals surface area contributed by atoms with Gasteiger partial charge < -0.3 is 5.32 Å². The minimum absolute atomic E-state index is 0.00346. The van der Waals surface area contributed by atoms with Gasteiger partial charge in [0.2, 0.25) is 0 Å². The maximum Gasteiger partial charge on any atom is 0.435 e. The molecule has 3 heterocycles. The largest absolute Gasteiger partial charge is 0.435 e. The molecule has 0 saturated heterocycles. The van der Waals surface area contributed by atoms with Crippen molar-refractivity contribution in [3.05, 3.63) is 54.1 Å². The maximum atomic E-state index is 13.0. The van der Waals surface area contributed by atoms with Crippen LogP contribution in [0.1, 0.15) is 16.2 Å². The van der Waals surface area contributed by atoms with E-state index in [1.54, 1.807) is 12.1 Å². The van der Waals surface area contributed by atoms with Gasteiger partial charge in [-0.1, -0.05) is 6.07 Å². The molecule has 25 heavy (non-hydrogen) atoms. The average molecular weight is 348 g/mol. The summed E-state index contributed by atoms with van der Waals surface area (Å²) in [6, 6.07) is 7.52. The van der Waals surface area contributed by atoms with Gasteiger partial charge in [0.05, 0.1) is 11.3 Å². The molecule has 0 unspecified atom stereocenters. The number of aromatic nitrogens is 5. The fraction of sp³-hybridized carbons (Fsp3) is 0.133. The summed E-state index contributed by atoms with van der Waals surface area (Å²) < 4.78 is 40.0. The Hall–Kier alpha value is -3.30. The molecule has 0 aliphatic rings. The van der Waals surface area contributed by atoms with Crippen molar-refractivity contribution >= 4 is 11.7 Å². The summed E-state index contributed by atoms with van der Waals surface area (Å²) in [5, 5.41) is 13.4. The number of anilines is 1. The van der Waals surface area contributed by atoms with Gasteiger partial charge in [-0.25, -0.2) is 0 Å². The summed E-state index contributed by atoms with van der Waals surface area (Å²) in [7, 11) is 1.38. The zero-order valence-electron chi connectivity index (χ0n) is 12.8. The molecular formula is C15H11F3N6O. The molecule has 10 heteroatoms. The normalized spacial score (nSPS) is 11.4. The van der Waals surface area contributed by atoms with Crippen molar-refractivity contribution in [2.75, 3.05) is 5.32 Å². The molecule has 0 spiro atoms. The van der Waals surface area contributed by atoms with Gasteiger partial charge in [0.25, 0.3) is 5.91 Å². The van der Waals surface area contributed by atoms with E-state index < -0.39 is 17.8 Å². The average Bonchev–Trinajstić information content (AvgIpc) is 2.98. The summed E-state index contributed by atoms with van der Waals surface area (Å²) in [5.41, 5.74) is -1.06. The Labute approximate surface area is 139 Å². The molecular weight excluding hydrogens is 337 g/mol. The molecule has 0 aromatic carbocycles. The molecule has 7 nitrogen and oxygen atoms in total. The number of rotatable bonds is 3. The first-order valence-electron chi connectivity index (χ1n) is 7.02. The SMILES string of the molecule is Cn1cc(-c2ccc(NC(=O)c3ccccn3)nn2)c(C(F)(F)F)n1. The number of halogens is 3. The molecule has 1 amide bonds. The summed E-state index contributed by atoms with van der Waals surface area (Å²) in [5.74, 6) is -0.406. The van der Waals surface area contributed by atoms with Gasteiger partial charge in [0.1, 0.15) is 5.69 Å². The maximum absolute atomic E-state index is 13.0. The Kier molecular flexibility index (Phi) is 4.17. The van der Waals surface area contributed by atoms with Crippen LogP contribution in [0.25, 0.3) is 11.3 Å². The van der Waals surface area contributed by atoms with Crippen molar-refractivity contribution in [3.8, 4) is 11.3 Å². The highest BCUT2D eigenvalue weighted by Gasteiger charge is 2.37. The van der Waals surface area contributed by atoms with Crippen LogP contribution in [0.2, 0.25) is 0 Å². The van der Waals surface area contributed by atoms with Crippen molar-refractivity contribution in [2.24, 2.45) is 7.05 Å². The number of hydrogen-bond acceptors (Lipinski definition) is 5. The van der Waals surface area contributed by atoms with Crippen LogP contribution in [0.5, 0.6) is 0 Å². The standard InChI is InChI=1S/C15H11F3N6O/c1-24-8-9(13(23-24)15(16,17)18)10-5-6-12(22-21-10)20-14(25)11-4-2-3-7-19-11/h2-8H,1H3,(H,20,22,25). The number of nitrogens with one attached hydrogen (secondary N) is 1. The van der Waals surface area contributed by atoms with Crippen molar-refractivity contribution < 1.29 is 18.0 Å². The van der Waals surface area contributed by atoms with Crippen molar-refractivity contribution in [3.63, 3.8) is 0 Å². The van der Waals surface area contributed by atoms with Crippen molar-refractivity contribution in [2.45, 2.75) is 6.18 Å². The van der Waals surface area contributed by atoms with E-state index in [2.05, 4.69) is 25.6 Å². The minimum Gasteiger partial charge on any atom is -0.304 e. The number of hydrogen-bond donors (Lipinski definition) is 1. The lowest BCUT2D eigenvalue weighted by molar-refractivity contribution is -0.141. The van der Waals surface area contributed by atoms with Crippen LogP contribution >= 0.6 is 0 Å². The number of carbonyl (C=O) groups is 1. The summed E-state index contributed by atoms with van der Waals surface area (Å²) >= 11 is 0. The molecule has 0 bridgehead atoms. The van der Waals surface area contributed by atoms with Crippen LogP contribution in [0, 0.1) is 0 Å². The number of amides is 1. The number of pyridine rings is 1. The van der Waals surface area contributed by atoms with E-state index in [1.807, 2.05) is 0 Å². The number of carbonyl (C=O) groups excluding carboxylic acids is 1. The third kappa shape index (κ3) is 3.62. The van der Waals surface area contributed by atoms with Gasteiger partial charge in [-0.05, 0) is 24.3 Å². The topological polar surface area (TPSA) is 85.6 Å². The first kappa shape index (κ1) is 16.6. The van der Waals surface area contributed by atoms with E-state index >= 15 is 0 Å². The van der Waals surface area contributed by atoms with E-state index in [4.69, 9.17) is 0 Å². The van der Waals surface area contributed by atoms with Gasteiger partial charge in [-0.2, -0.15) is 18.3 Å². The van der Waals surface area contributed by atoms with Gasteiger partial charge in [-0.15, -0.1) is 10.2 Å². The molecule has 3 aromatic heterocycles. The predicted octanol–water partition coefficient (Wildman–Crippen LogP) is 2.54. The lowest BCUT2D eigenvalue weighted by Gasteiger charge is -2.06. The fourth-order valence-electron chi connectivity index (χ4n) is 2.11. The van der Waals surface area contributed by atoms with Gasteiger partial charge in [0.15, 0.2) is 11.5 Å². The van der Waals surface area contributed by atoms with Crippen LogP contribution in [0.4, 0.5) is 19.0 Å². The molecule has 0 radical (unpaired) electrons. The molecule has 0 atom stereocenters. The molecule has 1 N–H and O–H groups in total. The Morgan fingerprint density at radius 1 is 1.16 bits per heavy atom. The van der Waals surface area contributed by atoms with E-state index in [1.165, 1.54) is 37.6 Å². The number of alkyl halides is 3. The lowest BCUT2D eigenvalue weighted by Crippen LogP contribution is -2.14. The highest BCUT2D eigenvalue weighted by molar-refractivity contribution is 6.02. The first-order valence-corrected chi connectivity index (χ1v) is 7.02. The third-order valence-corrected chi connectivity index (χ3v) is 3.18. The molecule has 0 fully saturated rings. The number of aryl methyl sites for hydroxylation is 1.